The maximum Gasteiger partial charge on any atom is 0.274 e. The molecule has 0 bridgehead atoms. The molecule has 5 heteroatoms. The molecule has 0 aliphatic carbocycles. The number of pyridine rings is 1. The summed E-state index contributed by atoms with van der Waals surface area (Å²) in [5, 5.41) is 3.71. The molecule has 1 heterocycles. The third-order valence-electron chi connectivity index (χ3n) is 3.01. The van der Waals surface area contributed by atoms with Crippen molar-refractivity contribution in [2.75, 3.05) is 5.32 Å². The van der Waals surface area contributed by atoms with Gasteiger partial charge < -0.3 is 5.32 Å². The van der Waals surface area contributed by atoms with E-state index in [1.54, 1.807) is 6.07 Å². The number of carbonyl (C=O) groups is 1. The Hall–Kier alpha value is -2.46. The van der Waals surface area contributed by atoms with Crippen molar-refractivity contribution >= 4 is 34.1 Å². The van der Waals surface area contributed by atoms with E-state index >= 15 is 0 Å². The van der Waals surface area contributed by atoms with E-state index in [0.29, 0.717) is 5.69 Å². The summed E-state index contributed by atoms with van der Waals surface area (Å²) in [7, 11) is 0. The second-order valence-electron chi connectivity index (χ2n) is 4.47. The average Bonchev–Trinajstić information content (AvgIpc) is 2.49. The largest absolute Gasteiger partial charge is 0.319 e. The molecule has 2 aromatic carbocycles. The number of carbonyl (C=O) groups excluding carboxylic acids is 1. The van der Waals surface area contributed by atoms with E-state index in [1.165, 1.54) is 12.1 Å². The lowest BCUT2D eigenvalue weighted by atomic mass is 10.2. The Morgan fingerprint density at radius 3 is 2.71 bits per heavy atom. The highest BCUT2D eigenvalue weighted by Gasteiger charge is 2.11. The number of para-hydroxylation sites is 1. The highest BCUT2D eigenvalue weighted by Crippen LogP contribution is 2.23. The molecule has 1 aromatic heterocycles. The van der Waals surface area contributed by atoms with Gasteiger partial charge in [0.2, 0.25) is 0 Å². The summed E-state index contributed by atoms with van der Waals surface area (Å²) in [6.45, 7) is 0. The van der Waals surface area contributed by atoms with Gasteiger partial charge >= 0.3 is 0 Å². The zero-order valence-corrected chi connectivity index (χ0v) is 11.6. The van der Waals surface area contributed by atoms with E-state index in [0.717, 1.165) is 17.0 Å². The van der Waals surface area contributed by atoms with Crippen LogP contribution < -0.4 is 5.32 Å². The second-order valence-corrected chi connectivity index (χ2v) is 4.87. The van der Waals surface area contributed by atoms with Crippen LogP contribution in [0.4, 0.5) is 10.1 Å². The maximum absolute atomic E-state index is 13.0. The van der Waals surface area contributed by atoms with E-state index < -0.39 is 11.7 Å². The highest BCUT2D eigenvalue weighted by atomic mass is 35.5. The van der Waals surface area contributed by atoms with Crippen LogP contribution in [0.2, 0.25) is 5.02 Å². The third kappa shape index (κ3) is 2.85. The first-order valence-corrected chi connectivity index (χ1v) is 6.63. The monoisotopic (exact) mass is 300 g/mol. The molecule has 0 aliphatic rings. The number of nitrogens with zero attached hydrogens (tertiary/aromatic N) is 1. The Kier molecular flexibility index (Phi) is 3.54. The zero-order valence-electron chi connectivity index (χ0n) is 10.8. The molecule has 1 amide bonds. The summed E-state index contributed by atoms with van der Waals surface area (Å²) in [6, 6.07) is 14.8. The Labute approximate surface area is 125 Å². The third-order valence-corrected chi connectivity index (χ3v) is 3.32. The molecular weight excluding hydrogens is 291 g/mol. The zero-order chi connectivity index (χ0) is 14.8. The second kappa shape index (κ2) is 5.50. The molecule has 0 fully saturated rings. The van der Waals surface area contributed by atoms with Gasteiger partial charge in [0, 0.05) is 5.39 Å². The fourth-order valence-electron chi connectivity index (χ4n) is 1.97. The van der Waals surface area contributed by atoms with Crippen LogP contribution in [0.15, 0.2) is 54.6 Å². The van der Waals surface area contributed by atoms with Crippen molar-refractivity contribution in [3.05, 3.63) is 71.1 Å². The van der Waals surface area contributed by atoms with E-state index in [2.05, 4.69) is 10.3 Å². The van der Waals surface area contributed by atoms with Crippen molar-refractivity contribution in [1.29, 1.82) is 0 Å². The molecule has 21 heavy (non-hydrogen) atoms. The molecule has 3 rings (SSSR count). The normalized spacial score (nSPS) is 10.6. The van der Waals surface area contributed by atoms with Crippen LogP contribution >= 0.6 is 11.6 Å². The van der Waals surface area contributed by atoms with E-state index in [9.17, 15) is 9.18 Å². The van der Waals surface area contributed by atoms with Crippen LogP contribution in [0.25, 0.3) is 10.9 Å². The molecule has 3 aromatic rings. The molecule has 3 nitrogen and oxygen atoms in total. The van der Waals surface area contributed by atoms with Gasteiger partial charge in [-0.05, 0) is 30.3 Å². The Morgan fingerprint density at radius 2 is 1.90 bits per heavy atom. The number of rotatable bonds is 2. The first-order valence-electron chi connectivity index (χ1n) is 6.26. The maximum atomic E-state index is 13.0. The highest BCUT2D eigenvalue weighted by molar-refractivity contribution is 6.33. The Morgan fingerprint density at radius 1 is 1.10 bits per heavy atom. The van der Waals surface area contributed by atoms with Gasteiger partial charge in [-0.1, -0.05) is 35.9 Å². The molecule has 0 saturated heterocycles. The topological polar surface area (TPSA) is 42.0 Å². The molecule has 0 unspecified atom stereocenters. The summed E-state index contributed by atoms with van der Waals surface area (Å²) in [5.74, 6) is -0.851. The lowest BCUT2D eigenvalue weighted by Gasteiger charge is -2.07. The van der Waals surface area contributed by atoms with Crippen molar-refractivity contribution in [3.63, 3.8) is 0 Å². The first-order chi connectivity index (χ1) is 10.1. The van der Waals surface area contributed by atoms with Crippen molar-refractivity contribution in [3.8, 4) is 0 Å². The molecular formula is C16H10ClFN2O. The van der Waals surface area contributed by atoms with Crippen LogP contribution in [0.1, 0.15) is 10.5 Å². The summed E-state index contributed by atoms with van der Waals surface area (Å²) in [6.07, 6.45) is 0. The van der Waals surface area contributed by atoms with Gasteiger partial charge in [-0.25, -0.2) is 9.37 Å². The summed E-state index contributed by atoms with van der Waals surface area (Å²) >= 11 is 5.88. The predicted octanol–water partition coefficient (Wildman–Crippen LogP) is 4.28. The average molecular weight is 301 g/mol. The van der Waals surface area contributed by atoms with Gasteiger partial charge in [0.15, 0.2) is 0 Å². The number of hydrogen-bond donors (Lipinski definition) is 1. The van der Waals surface area contributed by atoms with E-state index in [-0.39, 0.29) is 10.7 Å². The predicted molar refractivity (Wildman–Crippen MR) is 81.1 cm³/mol. The number of benzene rings is 2. The SMILES string of the molecule is O=C(Nc1ccc(F)cc1Cl)c1ccc2ccccc2n1. The van der Waals surface area contributed by atoms with Crippen LogP contribution in [0, 0.1) is 5.82 Å². The summed E-state index contributed by atoms with van der Waals surface area (Å²) in [5.41, 5.74) is 1.35. The number of halogens is 2. The molecule has 1 N–H and O–H groups in total. The lowest BCUT2D eigenvalue weighted by molar-refractivity contribution is 0.102. The number of anilines is 1. The smallest absolute Gasteiger partial charge is 0.274 e. The van der Waals surface area contributed by atoms with Crippen LogP contribution in [-0.4, -0.2) is 10.9 Å². The minimum atomic E-state index is -0.457. The lowest BCUT2D eigenvalue weighted by Crippen LogP contribution is -2.14. The van der Waals surface area contributed by atoms with Gasteiger partial charge in [-0.15, -0.1) is 0 Å². The van der Waals surface area contributed by atoms with E-state index in [1.807, 2.05) is 30.3 Å². The van der Waals surface area contributed by atoms with Crippen LogP contribution in [-0.2, 0) is 0 Å². The van der Waals surface area contributed by atoms with Gasteiger partial charge in [0.1, 0.15) is 11.5 Å². The molecule has 0 radical (unpaired) electrons. The Balaban J connectivity index is 1.89. The van der Waals surface area contributed by atoms with Gasteiger partial charge in [-0.3, -0.25) is 4.79 Å². The Bertz CT molecular complexity index is 835. The molecule has 104 valence electrons. The minimum Gasteiger partial charge on any atom is -0.319 e. The fourth-order valence-corrected chi connectivity index (χ4v) is 2.18. The molecule has 0 atom stereocenters. The van der Waals surface area contributed by atoms with Crippen molar-refractivity contribution in [1.82, 2.24) is 4.98 Å². The number of amides is 1. The van der Waals surface area contributed by atoms with Gasteiger partial charge in [0.25, 0.3) is 5.91 Å². The van der Waals surface area contributed by atoms with Crippen molar-refractivity contribution < 1.29 is 9.18 Å². The first kappa shape index (κ1) is 13.5. The van der Waals surface area contributed by atoms with Crippen molar-refractivity contribution in [2.45, 2.75) is 0 Å². The standard InChI is InChI=1S/C16H10ClFN2O/c17-12-9-11(18)6-8-14(12)20-16(21)15-7-5-10-3-1-2-4-13(10)19-15/h1-9H,(H,20,21). The minimum absolute atomic E-state index is 0.143. The van der Waals surface area contributed by atoms with Crippen LogP contribution in [0.5, 0.6) is 0 Å². The molecule has 0 spiro atoms. The van der Waals surface area contributed by atoms with E-state index in [4.69, 9.17) is 11.6 Å². The molecule has 0 saturated carbocycles. The quantitative estimate of drug-likeness (QED) is 0.767. The summed E-state index contributed by atoms with van der Waals surface area (Å²) < 4.78 is 13.0. The number of hydrogen-bond acceptors (Lipinski definition) is 2. The molecule has 0 aliphatic heterocycles. The fraction of sp³-hybridized carbons (Fsp3) is 0. The number of fused-ring (bicyclic) bond motifs is 1. The van der Waals surface area contributed by atoms with Gasteiger partial charge in [-0.2, -0.15) is 0 Å². The van der Waals surface area contributed by atoms with Gasteiger partial charge in [0.05, 0.1) is 16.2 Å². The van der Waals surface area contributed by atoms with Crippen LogP contribution in [0.3, 0.4) is 0 Å². The number of aromatic nitrogens is 1. The number of nitrogens with one attached hydrogen (secondary N) is 1. The summed E-state index contributed by atoms with van der Waals surface area (Å²) in [4.78, 5) is 16.5. The van der Waals surface area contributed by atoms with Crippen molar-refractivity contribution in [2.24, 2.45) is 0 Å².